The summed E-state index contributed by atoms with van der Waals surface area (Å²) < 4.78 is 6.57. The van der Waals surface area contributed by atoms with E-state index in [0.29, 0.717) is 19.6 Å². The average molecular weight is 231 g/mol. The number of ether oxygens (including phenoxy) is 1. The number of rotatable bonds is 5. The second-order valence-corrected chi connectivity index (χ2v) is 4.49. The molecule has 1 heterocycles. The number of carbonyl (C=O) groups excluding carboxylic acids is 2. The van der Waals surface area contributed by atoms with Crippen molar-refractivity contribution in [3.63, 3.8) is 0 Å². The van der Waals surface area contributed by atoms with Crippen LogP contribution in [0.2, 0.25) is 0 Å². The van der Waals surface area contributed by atoms with Crippen molar-refractivity contribution in [3.05, 3.63) is 0 Å². The molecule has 0 N–H and O–H groups in total. The predicted molar refractivity (Wildman–Crippen MR) is 59.5 cm³/mol. The van der Waals surface area contributed by atoms with E-state index in [1.54, 1.807) is 18.2 Å². The van der Waals surface area contributed by atoms with Crippen LogP contribution in [0.3, 0.4) is 0 Å². The maximum Gasteiger partial charge on any atom is 0.308 e. The number of carbonyl (C=O) groups is 2. The monoisotopic (exact) mass is 231 g/mol. The zero-order valence-corrected chi connectivity index (χ0v) is 10.2. The summed E-state index contributed by atoms with van der Waals surface area (Å²) in [6.45, 7) is 6.08. The Morgan fingerprint density at radius 3 is 2.47 bits per heavy atom. The fraction of sp³-hybridized carbons (Fsp3) is 0.800. The Hall–Kier alpha value is -0.550. The van der Waals surface area contributed by atoms with Crippen molar-refractivity contribution in [2.45, 2.75) is 32.7 Å². The minimum atomic E-state index is -0.532. The third-order valence-corrected chi connectivity index (χ3v) is 3.31. The molecule has 15 heavy (non-hydrogen) atoms. The Kier molecular flexibility index (Phi) is 3.78. The fourth-order valence-electron chi connectivity index (χ4n) is 1.69. The van der Waals surface area contributed by atoms with E-state index in [1.165, 1.54) is 6.92 Å². The van der Waals surface area contributed by atoms with Gasteiger partial charge in [0.1, 0.15) is 5.54 Å². The van der Waals surface area contributed by atoms with Crippen molar-refractivity contribution >= 4 is 24.6 Å². The molecule has 86 valence electrons. The lowest BCUT2D eigenvalue weighted by atomic mass is 9.93. The van der Waals surface area contributed by atoms with Gasteiger partial charge in [-0.25, -0.2) is 4.31 Å². The smallest absolute Gasteiger partial charge is 0.308 e. The molecule has 0 aliphatic carbocycles. The highest BCUT2D eigenvalue weighted by molar-refractivity contribution is 7.78. The molecule has 1 fully saturated rings. The van der Waals surface area contributed by atoms with E-state index in [-0.39, 0.29) is 17.7 Å². The molecule has 0 radical (unpaired) electrons. The van der Waals surface area contributed by atoms with E-state index in [2.05, 4.69) is 12.8 Å². The highest BCUT2D eigenvalue weighted by atomic mass is 32.1. The molecule has 0 aromatic heterocycles. The molecule has 5 heteroatoms. The minimum Gasteiger partial charge on any atom is -0.466 e. The first-order valence-electron chi connectivity index (χ1n) is 5.08. The SMILES string of the molecule is CCOC(=O)[C@@H](C)C[C@]1(C(C)=O)CN1S. The highest BCUT2D eigenvalue weighted by Gasteiger charge is 2.55. The third kappa shape index (κ3) is 2.52. The van der Waals surface area contributed by atoms with E-state index >= 15 is 0 Å². The highest BCUT2D eigenvalue weighted by Crippen LogP contribution is 2.40. The molecule has 4 nitrogen and oxygen atoms in total. The zero-order chi connectivity index (χ0) is 11.6. The summed E-state index contributed by atoms with van der Waals surface area (Å²) in [6.07, 6.45) is 0.491. The molecule has 1 rings (SSSR count). The zero-order valence-electron chi connectivity index (χ0n) is 9.32. The van der Waals surface area contributed by atoms with E-state index in [1.807, 2.05) is 0 Å². The largest absolute Gasteiger partial charge is 0.466 e. The van der Waals surface area contributed by atoms with Gasteiger partial charge in [0.25, 0.3) is 0 Å². The molecule has 1 saturated heterocycles. The number of thiol groups is 1. The van der Waals surface area contributed by atoms with Crippen LogP contribution in [-0.2, 0) is 14.3 Å². The first-order valence-corrected chi connectivity index (χ1v) is 5.48. The molecule has 1 aliphatic rings. The third-order valence-electron chi connectivity index (χ3n) is 2.79. The van der Waals surface area contributed by atoms with Crippen LogP contribution in [0, 0.1) is 5.92 Å². The van der Waals surface area contributed by atoms with Gasteiger partial charge in [-0.3, -0.25) is 9.59 Å². The summed E-state index contributed by atoms with van der Waals surface area (Å²) in [7, 11) is 0. The van der Waals surface area contributed by atoms with Crippen LogP contribution in [-0.4, -0.2) is 34.7 Å². The van der Waals surface area contributed by atoms with Crippen molar-refractivity contribution in [2.24, 2.45) is 5.92 Å². The molecule has 0 bridgehead atoms. The van der Waals surface area contributed by atoms with Crippen LogP contribution in [0.5, 0.6) is 0 Å². The summed E-state index contributed by atoms with van der Waals surface area (Å²) >= 11 is 4.15. The van der Waals surface area contributed by atoms with Gasteiger partial charge in [0.15, 0.2) is 5.78 Å². The molecule has 0 aromatic carbocycles. The van der Waals surface area contributed by atoms with Gasteiger partial charge in [-0.05, 0) is 20.3 Å². The number of Topliss-reactive ketones (excluding diaryl/α,β-unsaturated/α-hetero) is 1. The van der Waals surface area contributed by atoms with Gasteiger partial charge in [0.2, 0.25) is 0 Å². The number of ketones is 1. The lowest BCUT2D eigenvalue weighted by molar-refractivity contribution is -0.148. The molecule has 1 aliphatic heterocycles. The topological polar surface area (TPSA) is 46.4 Å². The Morgan fingerprint density at radius 1 is 1.60 bits per heavy atom. The van der Waals surface area contributed by atoms with Crippen molar-refractivity contribution in [1.29, 1.82) is 0 Å². The Balaban J connectivity index is 2.54. The second-order valence-electron chi connectivity index (χ2n) is 4.00. The number of nitrogens with zero attached hydrogens (tertiary/aromatic N) is 1. The van der Waals surface area contributed by atoms with Crippen LogP contribution in [0.25, 0.3) is 0 Å². The molecule has 0 spiro atoms. The maximum absolute atomic E-state index is 11.4. The molecule has 0 saturated carbocycles. The van der Waals surface area contributed by atoms with E-state index in [4.69, 9.17) is 4.74 Å². The van der Waals surface area contributed by atoms with Crippen LogP contribution >= 0.6 is 12.8 Å². The van der Waals surface area contributed by atoms with Gasteiger partial charge in [-0.1, -0.05) is 19.7 Å². The van der Waals surface area contributed by atoms with Crippen molar-refractivity contribution < 1.29 is 14.3 Å². The van der Waals surface area contributed by atoms with Gasteiger partial charge in [-0.15, -0.1) is 0 Å². The van der Waals surface area contributed by atoms with Gasteiger partial charge < -0.3 is 4.74 Å². The molecular formula is C10H17NO3S. The van der Waals surface area contributed by atoms with Gasteiger partial charge >= 0.3 is 5.97 Å². The summed E-state index contributed by atoms with van der Waals surface area (Å²) in [4.78, 5) is 22.8. The quantitative estimate of drug-likeness (QED) is 0.437. The summed E-state index contributed by atoms with van der Waals surface area (Å²) in [5.74, 6) is -0.439. The van der Waals surface area contributed by atoms with Gasteiger partial charge in [0.05, 0.1) is 12.5 Å². The van der Waals surface area contributed by atoms with Gasteiger partial charge in [0, 0.05) is 6.54 Å². The Morgan fingerprint density at radius 2 is 2.13 bits per heavy atom. The normalized spacial score (nSPS) is 30.8. The van der Waals surface area contributed by atoms with Crippen molar-refractivity contribution in [3.8, 4) is 0 Å². The van der Waals surface area contributed by atoms with Gasteiger partial charge in [-0.2, -0.15) is 0 Å². The lowest BCUT2D eigenvalue weighted by Crippen LogP contribution is -2.30. The Bertz CT molecular complexity index is 282. The molecule has 0 aromatic rings. The fourth-order valence-corrected chi connectivity index (χ4v) is 2.15. The first kappa shape index (κ1) is 12.5. The summed E-state index contributed by atoms with van der Waals surface area (Å²) in [5, 5.41) is 0. The van der Waals surface area contributed by atoms with Crippen LogP contribution < -0.4 is 0 Å². The first-order chi connectivity index (χ1) is 6.94. The summed E-state index contributed by atoms with van der Waals surface area (Å²) in [6, 6.07) is 0. The molecule has 1 unspecified atom stereocenters. The second kappa shape index (κ2) is 4.53. The maximum atomic E-state index is 11.4. The van der Waals surface area contributed by atoms with Crippen molar-refractivity contribution in [1.82, 2.24) is 4.31 Å². The minimum absolute atomic E-state index is 0.0636. The van der Waals surface area contributed by atoms with Crippen LogP contribution in [0.15, 0.2) is 0 Å². The molecule has 0 amide bonds. The van der Waals surface area contributed by atoms with Crippen molar-refractivity contribution in [2.75, 3.05) is 13.2 Å². The Labute approximate surface area is 95.5 Å². The number of esters is 1. The van der Waals surface area contributed by atoms with E-state index < -0.39 is 5.54 Å². The van der Waals surface area contributed by atoms with E-state index in [9.17, 15) is 9.59 Å². The molecular weight excluding hydrogens is 214 g/mol. The molecule has 3 atom stereocenters. The lowest BCUT2D eigenvalue weighted by Gasteiger charge is -2.16. The average Bonchev–Trinajstić information content (AvgIpc) is 2.78. The number of hydrogen-bond acceptors (Lipinski definition) is 5. The predicted octanol–water partition coefficient (Wildman–Crippen LogP) is 1.06. The van der Waals surface area contributed by atoms with Crippen LogP contribution in [0.4, 0.5) is 0 Å². The van der Waals surface area contributed by atoms with Crippen LogP contribution in [0.1, 0.15) is 27.2 Å². The number of hydrogen-bond donors (Lipinski definition) is 1. The summed E-state index contributed by atoms with van der Waals surface area (Å²) in [5.41, 5.74) is -0.532. The van der Waals surface area contributed by atoms with E-state index in [0.717, 1.165) is 0 Å². The standard InChI is InChI=1S/C10H17NO3S/c1-4-14-9(13)7(2)5-10(8(3)12)6-11(10)15/h7,15H,4-6H2,1-3H3/t7-,10+,11?/m0/s1.